The molecule has 0 spiro atoms. The summed E-state index contributed by atoms with van der Waals surface area (Å²) >= 11 is 0. The second-order valence-corrected chi connectivity index (χ2v) is 9.15. The van der Waals surface area contributed by atoms with Crippen LogP contribution in [0.2, 0.25) is 0 Å². The van der Waals surface area contributed by atoms with Crippen LogP contribution in [0.5, 0.6) is 0 Å². The van der Waals surface area contributed by atoms with Crippen molar-refractivity contribution in [1.82, 2.24) is 4.98 Å². The molecule has 0 radical (unpaired) electrons. The molecule has 10 nitrogen and oxygen atoms in total. The Morgan fingerprint density at radius 1 is 1.34 bits per heavy atom. The van der Waals surface area contributed by atoms with Gasteiger partial charge in [0.2, 0.25) is 5.60 Å². The zero-order chi connectivity index (χ0) is 24.6. The Morgan fingerprint density at radius 2 is 2.11 bits per heavy atom. The van der Waals surface area contributed by atoms with Crippen molar-refractivity contribution in [3.8, 4) is 0 Å². The first kappa shape index (κ1) is 21.6. The molecule has 1 saturated heterocycles. The monoisotopic (exact) mass is 476 g/mol. The van der Waals surface area contributed by atoms with Gasteiger partial charge in [-0.1, -0.05) is 13.0 Å². The number of epoxide rings is 1. The Bertz CT molecular complexity index is 1440. The Hall–Kier alpha value is -3.92. The smallest absolute Gasteiger partial charge is 0.355 e. The van der Waals surface area contributed by atoms with E-state index in [1.54, 1.807) is 38.1 Å². The summed E-state index contributed by atoms with van der Waals surface area (Å²) in [4.78, 5) is 54.9. The first-order chi connectivity index (χ1) is 16.7. The number of nitro benzene ring substituents is 1. The zero-order valence-electron chi connectivity index (χ0n) is 18.9. The second kappa shape index (κ2) is 7.29. The number of aromatic nitrogens is 1. The molecule has 2 aliphatic heterocycles. The largest absolute Gasteiger partial charge is 0.457 e. The van der Waals surface area contributed by atoms with Gasteiger partial charge in [-0.15, -0.1) is 0 Å². The molecular weight excluding hydrogens is 456 g/mol. The third-order valence-corrected chi connectivity index (χ3v) is 7.25. The summed E-state index contributed by atoms with van der Waals surface area (Å²) < 4.78 is 16.2. The molecule has 0 N–H and O–H groups in total. The number of cyclic esters (lactones) is 1. The van der Waals surface area contributed by atoms with E-state index >= 15 is 0 Å². The number of ether oxygens (including phenoxy) is 3. The molecule has 3 unspecified atom stereocenters. The maximum Gasteiger partial charge on any atom is 0.355 e. The zero-order valence-corrected chi connectivity index (χ0v) is 18.9. The fourth-order valence-corrected chi connectivity index (χ4v) is 5.31. The predicted octanol–water partition coefficient (Wildman–Crippen LogP) is 2.61. The van der Waals surface area contributed by atoms with Crippen molar-refractivity contribution in [2.45, 2.75) is 44.5 Å². The topological polar surface area (TPSA) is 138 Å². The lowest BCUT2D eigenvalue weighted by Crippen LogP contribution is -2.51. The van der Waals surface area contributed by atoms with Crippen LogP contribution in [0.15, 0.2) is 41.5 Å². The van der Waals surface area contributed by atoms with Crippen LogP contribution in [0, 0.1) is 16.0 Å². The molecule has 1 fully saturated rings. The van der Waals surface area contributed by atoms with Crippen molar-refractivity contribution in [3.05, 3.63) is 62.9 Å². The van der Waals surface area contributed by atoms with Gasteiger partial charge in [-0.3, -0.25) is 14.9 Å². The van der Waals surface area contributed by atoms with Gasteiger partial charge in [0.25, 0.3) is 5.69 Å². The number of carbonyl (C=O) groups is 3. The van der Waals surface area contributed by atoms with Gasteiger partial charge in [0, 0.05) is 17.2 Å². The van der Waals surface area contributed by atoms with Gasteiger partial charge >= 0.3 is 11.9 Å². The highest BCUT2D eigenvalue weighted by Crippen LogP contribution is 2.48. The Morgan fingerprint density at radius 3 is 2.80 bits per heavy atom. The lowest BCUT2D eigenvalue weighted by atomic mass is 9.75. The molecular formula is C25H20N2O8. The number of nitro groups is 1. The molecule has 10 heteroatoms. The number of carbonyl (C=O) groups excluding carboxylic acids is 3. The molecule has 3 heterocycles. The summed E-state index contributed by atoms with van der Waals surface area (Å²) in [6.45, 7) is 3.20. The van der Waals surface area contributed by atoms with Crippen molar-refractivity contribution in [2.75, 3.05) is 6.61 Å². The Kier molecular flexibility index (Phi) is 4.50. The van der Waals surface area contributed by atoms with Crippen LogP contribution in [0.1, 0.15) is 31.5 Å². The fourth-order valence-electron chi connectivity index (χ4n) is 5.31. The van der Waals surface area contributed by atoms with E-state index in [-0.39, 0.29) is 30.6 Å². The first-order valence-electron chi connectivity index (χ1n) is 11.4. The van der Waals surface area contributed by atoms with Crippen molar-refractivity contribution in [2.24, 2.45) is 5.92 Å². The minimum Gasteiger partial charge on any atom is -0.457 e. The number of hydrogen-bond acceptors (Lipinski definition) is 9. The summed E-state index contributed by atoms with van der Waals surface area (Å²) in [5.74, 6) is -2.20. The number of nitrogens with zero attached hydrogens (tertiary/aromatic N) is 2. The molecule has 1 aromatic carbocycles. The molecule has 2 aliphatic carbocycles. The minimum absolute atomic E-state index is 0.0576. The predicted molar refractivity (Wildman–Crippen MR) is 120 cm³/mol. The minimum atomic E-state index is -1.76. The van der Waals surface area contributed by atoms with Crippen molar-refractivity contribution in [1.29, 1.82) is 0 Å². The Labute approximate surface area is 198 Å². The fraction of sp³-hybridized carbons (Fsp3) is 0.360. The highest BCUT2D eigenvalue weighted by Gasteiger charge is 2.56. The summed E-state index contributed by atoms with van der Waals surface area (Å²) in [6, 6.07) is 6.37. The van der Waals surface area contributed by atoms with Crippen LogP contribution in [0.4, 0.5) is 5.69 Å². The van der Waals surface area contributed by atoms with Gasteiger partial charge < -0.3 is 14.2 Å². The van der Waals surface area contributed by atoms with E-state index in [2.05, 4.69) is 4.98 Å². The molecule has 4 aliphatic rings. The number of benzene rings is 1. The van der Waals surface area contributed by atoms with Crippen molar-refractivity contribution in [3.63, 3.8) is 0 Å². The number of rotatable bonds is 4. The lowest BCUT2D eigenvalue weighted by molar-refractivity contribution is -0.383. The van der Waals surface area contributed by atoms with E-state index in [9.17, 15) is 24.5 Å². The highest BCUT2D eigenvalue weighted by molar-refractivity contribution is 6.12. The molecule has 2 aromatic rings. The highest BCUT2D eigenvalue weighted by atomic mass is 16.7. The van der Waals surface area contributed by atoms with E-state index < -0.39 is 34.5 Å². The SMILES string of the molecule is CC[C@@]1(OC(=O)C2OC2C)C(=O)OCC2=C1C=C1c3nc4cccc([N+](=O)[O-])c4cc3CC1C2=O. The third-order valence-electron chi connectivity index (χ3n) is 7.25. The van der Waals surface area contributed by atoms with Crippen LogP contribution < -0.4 is 0 Å². The second-order valence-electron chi connectivity index (χ2n) is 9.15. The van der Waals surface area contributed by atoms with E-state index in [0.717, 1.165) is 0 Å². The molecule has 178 valence electrons. The summed E-state index contributed by atoms with van der Waals surface area (Å²) in [5, 5.41) is 11.9. The van der Waals surface area contributed by atoms with Gasteiger partial charge in [0.1, 0.15) is 6.61 Å². The number of esters is 2. The summed E-state index contributed by atoms with van der Waals surface area (Å²) in [5.41, 5.74) is 1.09. The average Bonchev–Trinajstić information content (AvgIpc) is 3.47. The number of Topliss-reactive ketones (excluding diaryl/α,β-unsaturated/α-hetero) is 1. The van der Waals surface area contributed by atoms with Gasteiger partial charge in [-0.25, -0.2) is 14.6 Å². The number of ketones is 1. The van der Waals surface area contributed by atoms with E-state index in [0.29, 0.717) is 45.3 Å². The van der Waals surface area contributed by atoms with Crippen molar-refractivity contribution < 1.29 is 33.5 Å². The van der Waals surface area contributed by atoms with E-state index in [4.69, 9.17) is 14.2 Å². The molecule has 0 bridgehead atoms. The van der Waals surface area contributed by atoms with Crippen LogP contribution in [0.25, 0.3) is 16.5 Å². The quantitative estimate of drug-likeness (QED) is 0.282. The first-order valence-corrected chi connectivity index (χ1v) is 11.4. The van der Waals surface area contributed by atoms with Crippen LogP contribution in [-0.2, 0) is 35.0 Å². The molecule has 4 atom stereocenters. The maximum absolute atomic E-state index is 13.6. The summed E-state index contributed by atoms with van der Waals surface area (Å²) in [7, 11) is 0. The number of non-ortho nitro benzene ring substituents is 1. The molecule has 35 heavy (non-hydrogen) atoms. The molecule has 0 amide bonds. The van der Waals surface area contributed by atoms with Gasteiger partial charge in [-0.2, -0.15) is 0 Å². The lowest BCUT2D eigenvalue weighted by Gasteiger charge is -2.38. The van der Waals surface area contributed by atoms with E-state index in [1.807, 2.05) is 0 Å². The third kappa shape index (κ3) is 2.99. The van der Waals surface area contributed by atoms with Crippen molar-refractivity contribution >= 4 is 39.9 Å². The standard InChI is InChI=1S/C25H20N2O8/c1-3-25(35-23(29)22-11(2)34-22)17-9-13-14(21(28)16(17)10-33-24(25)30)7-12-8-15-18(26-20(12)13)5-4-6-19(15)27(31)32/h4-6,8-9,11,14,22H,3,7,10H2,1-2H3/t11?,14?,22?,25-/m0/s1. The van der Waals surface area contributed by atoms with E-state index in [1.165, 1.54) is 6.07 Å². The Balaban J connectivity index is 1.49. The van der Waals surface area contributed by atoms with Gasteiger partial charge in [0.15, 0.2) is 11.9 Å². The molecule has 6 rings (SSSR count). The normalized spacial score (nSPS) is 28.6. The number of allylic oxidation sites excluding steroid dienone is 1. The van der Waals surface area contributed by atoms with Crippen LogP contribution in [-0.4, -0.2) is 52.0 Å². The maximum atomic E-state index is 13.6. The average molecular weight is 476 g/mol. The van der Waals surface area contributed by atoms with Gasteiger partial charge in [0.05, 0.1) is 33.5 Å². The number of pyridine rings is 1. The van der Waals surface area contributed by atoms with Crippen LogP contribution >= 0.6 is 0 Å². The van der Waals surface area contributed by atoms with Crippen LogP contribution in [0.3, 0.4) is 0 Å². The number of hydrogen-bond donors (Lipinski definition) is 0. The summed E-state index contributed by atoms with van der Waals surface area (Å²) in [6.07, 6.45) is 1.06. The molecule has 1 aromatic heterocycles. The number of fused-ring (bicyclic) bond motifs is 4. The molecule has 0 saturated carbocycles. The van der Waals surface area contributed by atoms with Gasteiger partial charge in [-0.05, 0) is 49.1 Å².